The highest BCUT2D eigenvalue weighted by Crippen LogP contribution is 2.26. The summed E-state index contributed by atoms with van der Waals surface area (Å²) in [6.07, 6.45) is 4.95. The van der Waals surface area contributed by atoms with E-state index in [9.17, 15) is 0 Å². The van der Waals surface area contributed by atoms with Crippen LogP contribution in [0, 0.1) is 13.8 Å². The van der Waals surface area contributed by atoms with Crippen molar-refractivity contribution in [2.75, 3.05) is 36.0 Å². The van der Waals surface area contributed by atoms with Crippen molar-refractivity contribution in [2.45, 2.75) is 13.8 Å². The molecule has 0 spiro atoms. The fourth-order valence-electron chi connectivity index (χ4n) is 3.68. The van der Waals surface area contributed by atoms with Crippen molar-refractivity contribution in [3.8, 4) is 0 Å². The van der Waals surface area contributed by atoms with Crippen LogP contribution in [-0.4, -0.2) is 65.3 Å². The number of aryl methyl sites for hydroxylation is 2. The van der Waals surface area contributed by atoms with Crippen LogP contribution in [0.2, 0.25) is 0 Å². The summed E-state index contributed by atoms with van der Waals surface area (Å²) < 4.78 is 3.75. The Balaban J connectivity index is 1.45. The summed E-state index contributed by atoms with van der Waals surface area (Å²) in [4.78, 5) is 26.7. The van der Waals surface area contributed by atoms with Crippen molar-refractivity contribution in [1.82, 2.24) is 39.1 Å². The van der Waals surface area contributed by atoms with Gasteiger partial charge in [0.2, 0.25) is 0 Å². The monoisotopic (exact) mass is 364 g/mol. The molecule has 4 aromatic heterocycles. The topological polar surface area (TPSA) is 93.2 Å². The van der Waals surface area contributed by atoms with E-state index in [1.54, 1.807) is 19.0 Å². The molecule has 0 aromatic carbocycles. The predicted molar refractivity (Wildman–Crippen MR) is 101 cm³/mol. The lowest BCUT2D eigenvalue weighted by Crippen LogP contribution is -2.47. The molecule has 0 atom stereocenters. The van der Waals surface area contributed by atoms with Crippen molar-refractivity contribution >= 4 is 28.6 Å². The number of aromatic nitrogens is 8. The van der Waals surface area contributed by atoms with Gasteiger partial charge in [0.25, 0.3) is 5.78 Å². The average molecular weight is 364 g/mol. The van der Waals surface area contributed by atoms with Gasteiger partial charge in [-0.2, -0.15) is 14.6 Å². The van der Waals surface area contributed by atoms with Gasteiger partial charge in [0.15, 0.2) is 17.0 Å². The summed E-state index contributed by atoms with van der Waals surface area (Å²) in [7, 11) is 1.95. The summed E-state index contributed by atoms with van der Waals surface area (Å²) in [5.41, 5.74) is 3.82. The van der Waals surface area contributed by atoms with E-state index in [2.05, 4.69) is 46.7 Å². The number of nitrogens with zero attached hydrogens (tertiary/aromatic N) is 10. The second-order valence-electron chi connectivity index (χ2n) is 6.82. The molecule has 0 radical (unpaired) electrons. The van der Waals surface area contributed by atoms with Gasteiger partial charge in [-0.25, -0.2) is 19.9 Å². The Labute approximate surface area is 155 Å². The highest BCUT2D eigenvalue weighted by atomic mass is 15.4. The smallest absolute Gasteiger partial charge is 0.254 e. The maximum absolute atomic E-state index is 4.51. The minimum Gasteiger partial charge on any atom is -0.353 e. The molecule has 0 aliphatic carbocycles. The van der Waals surface area contributed by atoms with Gasteiger partial charge in [-0.05, 0) is 13.8 Å². The van der Waals surface area contributed by atoms with Gasteiger partial charge in [-0.3, -0.25) is 0 Å². The van der Waals surface area contributed by atoms with E-state index < -0.39 is 0 Å². The number of rotatable bonds is 2. The molecule has 138 valence electrons. The van der Waals surface area contributed by atoms with Gasteiger partial charge in [0.1, 0.15) is 18.5 Å². The van der Waals surface area contributed by atoms with E-state index in [-0.39, 0.29) is 0 Å². The lowest BCUT2D eigenvalue weighted by Gasteiger charge is -2.37. The Kier molecular flexibility index (Phi) is 3.46. The van der Waals surface area contributed by atoms with Crippen LogP contribution < -0.4 is 9.80 Å². The van der Waals surface area contributed by atoms with Crippen molar-refractivity contribution in [2.24, 2.45) is 7.05 Å². The molecule has 4 aromatic rings. The first-order valence-electron chi connectivity index (χ1n) is 8.92. The fraction of sp³-hybridized carbons (Fsp3) is 0.412. The van der Waals surface area contributed by atoms with E-state index in [1.165, 1.54) is 0 Å². The van der Waals surface area contributed by atoms with Crippen LogP contribution in [0.1, 0.15) is 11.3 Å². The van der Waals surface area contributed by atoms with Gasteiger partial charge in [0, 0.05) is 44.5 Å². The van der Waals surface area contributed by atoms with Crippen molar-refractivity contribution in [3.05, 3.63) is 30.2 Å². The van der Waals surface area contributed by atoms with Gasteiger partial charge in [-0.1, -0.05) is 0 Å². The molecule has 1 aliphatic heterocycles. The quantitative estimate of drug-likeness (QED) is 0.514. The Bertz CT molecular complexity index is 1140. The third-order valence-electron chi connectivity index (χ3n) is 5.23. The van der Waals surface area contributed by atoms with E-state index in [0.29, 0.717) is 5.78 Å². The molecular weight excluding hydrogens is 344 g/mol. The Hall–Kier alpha value is -3.30. The fourth-order valence-corrected chi connectivity index (χ4v) is 3.68. The van der Waals surface area contributed by atoms with Crippen LogP contribution in [0.5, 0.6) is 0 Å². The molecule has 0 saturated carbocycles. The van der Waals surface area contributed by atoms with Crippen LogP contribution in [0.4, 0.5) is 11.6 Å². The molecule has 0 amide bonds. The molecule has 5 heterocycles. The van der Waals surface area contributed by atoms with Crippen LogP contribution in [0.25, 0.3) is 16.9 Å². The molecule has 10 nitrogen and oxygen atoms in total. The zero-order valence-electron chi connectivity index (χ0n) is 15.5. The summed E-state index contributed by atoms with van der Waals surface area (Å²) in [5.74, 6) is 2.61. The van der Waals surface area contributed by atoms with Crippen molar-refractivity contribution in [1.29, 1.82) is 0 Å². The first-order valence-corrected chi connectivity index (χ1v) is 8.92. The van der Waals surface area contributed by atoms with Crippen LogP contribution in [-0.2, 0) is 7.05 Å². The number of hydrogen-bond acceptors (Lipinski definition) is 8. The first-order chi connectivity index (χ1) is 13.1. The largest absolute Gasteiger partial charge is 0.353 e. The Morgan fingerprint density at radius 1 is 0.889 bits per heavy atom. The van der Waals surface area contributed by atoms with Crippen molar-refractivity contribution in [3.63, 3.8) is 0 Å². The third-order valence-corrected chi connectivity index (χ3v) is 5.23. The van der Waals surface area contributed by atoms with E-state index in [4.69, 9.17) is 0 Å². The molecule has 0 unspecified atom stereocenters. The molecule has 1 fully saturated rings. The lowest BCUT2D eigenvalue weighted by atomic mass is 10.2. The maximum atomic E-state index is 4.51. The first kappa shape index (κ1) is 15.9. The average Bonchev–Trinajstić information content (AvgIpc) is 3.30. The van der Waals surface area contributed by atoms with Gasteiger partial charge in [-0.15, -0.1) is 0 Å². The SMILES string of the molecule is Cc1nc2ncnn2c(N2CCN(c3ncnc4c3ncn4C)CC2)c1C. The molecule has 5 rings (SSSR count). The molecule has 0 bridgehead atoms. The highest BCUT2D eigenvalue weighted by Gasteiger charge is 2.25. The molecule has 10 heteroatoms. The Morgan fingerprint density at radius 3 is 2.48 bits per heavy atom. The van der Waals surface area contributed by atoms with E-state index in [1.807, 2.05) is 23.1 Å². The van der Waals surface area contributed by atoms with Gasteiger partial charge >= 0.3 is 0 Å². The number of hydrogen-bond donors (Lipinski definition) is 0. The third kappa shape index (κ3) is 2.40. The maximum Gasteiger partial charge on any atom is 0.254 e. The molecule has 1 saturated heterocycles. The summed E-state index contributed by atoms with van der Waals surface area (Å²) >= 11 is 0. The highest BCUT2D eigenvalue weighted by molar-refractivity contribution is 5.83. The summed E-state index contributed by atoms with van der Waals surface area (Å²) in [6.45, 7) is 7.52. The normalized spacial score (nSPS) is 15.2. The number of anilines is 2. The Morgan fingerprint density at radius 2 is 1.67 bits per heavy atom. The summed E-state index contributed by atoms with van der Waals surface area (Å²) in [5, 5.41) is 4.37. The van der Waals surface area contributed by atoms with Gasteiger partial charge < -0.3 is 14.4 Å². The lowest BCUT2D eigenvalue weighted by molar-refractivity contribution is 0.632. The molecular formula is C17H20N10. The molecule has 27 heavy (non-hydrogen) atoms. The minimum absolute atomic E-state index is 0.640. The predicted octanol–water partition coefficient (Wildman–Crippen LogP) is 0.744. The number of piperazine rings is 1. The zero-order chi connectivity index (χ0) is 18.5. The summed E-state index contributed by atoms with van der Waals surface area (Å²) in [6, 6.07) is 0. The minimum atomic E-state index is 0.640. The van der Waals surface area contributed by atoms with Crippen LogP contribution >= 0.6 is 0 Å². The van der Waals surface area contributed by atoms with Crippen molar-refractivity contribution < 1.29 is 0 Å². The second-order valence-corrected chi connectivity index (χ2v) is 6.82. The standard InChI is InChI=1S/C17H20N10/c1-11-12(2)23-17-20-9-22-27(17)16(11)26-6-4-25(5-7-26)15-13-14(18-8-19-15)24(3)10-21-13/h8-10H,4-7H2,1-3H3. The molecule has 0 N–H and O–H groups in total. The van der Waals surface area contributed by atoms with Crippen LogP contribution in [0.15, 0.2) is 19.0 Å². The number of imidazole rings is 1. The van der Waals surface area contributed by atoms with Gasteiger partial charge in [0.05, 0.1) is 6.33 Å². The second kappa shape index (κ2) is 5.86. The van der Waals surface area contributed by atoms with E-state index >= 15 is 0 Å². The zero-order valence-corrected chi connectivity index (χ0v) is 15.5. The van der Waals surface area contributed by atoms with Crippen LogP contribution in [0.3, 0.4) is 0 Å². The number of fused-ring (bicyclic) bond motifs is 2. The van der Waals surface area contributed by atoms with E-state index in [0.717, 1.165) is 60.2 Å². The molecule has 1 aliphatic rings.